The highest BCUT2D eigenvalue weighted by molar-refractivity contribution is 7.92. The van der Waals surface area contributed by atoms with E-state index in [0.29, 0.717) is 21.9 Å². The molecule has 1 amide bonds. The van der Waals surface area contributed by atoms with Crippen LogP contribution in [0.25, 0.3) is 5.78 Å². The van der Waals surface area contributed by atoms with Gasteiger partial charge < -0.3 is 24.2 Å². The second kappa shape index (κ2) is 17.4. The number of halogens is 3. The number of carbonyl (C=O) groups excluding carboxylic acids is 1. The Labute approximate surface area is 331 Å². The highest BCUT2D eigenvalue weighted by Gasteiger charge is 2.31. The summed E-state index contributed by atoms with van der Waals surface area (Å²) in [4.78, 5) is 52.5. The number of para-hydroxylation sites is 1. The first kappa shape index (κ1) is 43.4. The van der Waals surface area contributed by atoms with Crippen LogP contribution in [0.3, 0.4) is 0 Å². The molecule has 3 aromatic heterocycles. The molecule has 0 aliphatic carbocycles. The molecule has 5 N–H and O–H groups in total. The first-order valence-electron chi connectivity index (χ1n) is 16.6. The summed E-state index contributed by atoms with van der Waals surface area (Å²) in [6.45, 7) is 6.32. The molecular weight excluding hydrogens is 833 g/mol. The summed E-state index contributed by atoms with van der Waals surface area (Å²) in [5.41, 5.74) is 0.514. The van der Waals surface area contributed by atoms with Gasteiger partial charge in [-0.25, -0.2) is 27.7 Å². The molecular formula is C33H34F3N10O9PS2. The number of terminal acetylenes is 1. The largest absolute Gasteiger partial charge is 0.481 e. The summed E-state index contributed by atoms with van der Waals surface area (Å²) in [7, 11) is -8.44. The van der Waals surface area contributed by atoms with Gasteiger partial charge in [-0.15, -0.1) is 11.5 Å². The number of hydrogen-bond donors (Lipinski definition) is 5. The fourth-order valence-electron chi connectivity index (χ4n) is 5.29. The van der Waals surface area contributed by atoms with Crippen molar-refractivity contribution in [1.29, 1.82) is 0 Å². The Hall–Kier alpha value is -5.70. The van der Waals surface area contributed by atoms with Crippen LogP contribution in [0.2, 0.25) is 0 Å². The number of aryl methyl sites for hydroxylation is 1. The Morgan fingerprint density at radius 3 is 2.52 bits per heavy atom. The zero-order chi connectivity index (χ0) is 42.6. The lowest BCUT2D eigenvalue weighted by Gasteiger charge is -2.28. The number of benzene rings is 2. The van der Waals surface area contributed by atoms with Crippen LogP contribution in [0.4, 0.5) is 30.2 Å². The van der Waals surface area contributed by atoms with Crippen LogP contribution in [0, 0.1) is 42.1 Å². The molecule has 0 bridgehead atoms. The molecule has 5 heterocycles. The van der Waals surface area contributed by atoms with Crippen LogP contribution in [0.1, 0.15) is 25.4 Å². The molecule has 19 nitrogen and oxygen atoms in total. The van der Waals surface area contributed by atoms with Gasteiger partial charge in [0.15, 0.2) is 12.4 Å². The van der Waals surface area contributed by atoms with E-state index in [4.69, 9.17) is 26.1 Å². The Morgan fingerprint density at radius 2 is 1.86 bits per heavy atom. The number of nitrogens with zero attached hydrogens (tertiary/aromatic N) is 8. The normalized spacial score (nSPS) is 14.6. The van der Waals surface area contributed by atoms with Gasteiger partial charge in [-0.2, -0.15) is 17.8 Å². The molecule has 58 heavy (non-hydrogen) atoms. The maximum Gasteiger partial charge on any atom is 0.339 e. The lowest BCUT2D eigenvalue weighted by Crippen LogP contribution is -2.39. The molecule has 0 atom stereocenters. The minimum Gasteiger partial charge on any atom is -0.481 e. The Balaban J connectivity index is 0.000000182. The third-order valence-corrected chi connectivity index (χ3v) is 10.3. The quantitative estimate of drug-likeness (QED) is 0.106. The van der Waals surface area contributed by atoms with Gasteiger partial charge in [-0.3, -0.25) is 29.1 Å². The van der Waals surface area contributed by atoms with Crippen LogP contribution < -0.4 is 24.5 Å². The monoisotopic (exact) mass is 866 g/mol. The number of nitrogens with one attached hydrogen (secondary N) is 2. The summed E-state index contributed by atoms with van der Waals surface area (Å²) in [6, 6.07) is 7.36. The van der Waals surface area contributed by atoms with Gasteiger partial charge in [0.1, 0.15) is 34.6 Å². The molecule has 0 fully saturated rings. The number of aliphatic carboxylic acids is 1. The van der Waals surface area contributed by atoms with Crippen molar-refractivity contribution in [1.82, 2.24) is 33.8 Å². The van der Waals surface area contributed by atoms with Crippen molar-refractivity contribution in [3.05, 3.63) is 76.4 Å². The average Bonchev–Trinajstić information content (AvgIpc) is 3.80. The summed E-state index contributed by atoms with van der Waals surface area (Å²) < 4.78 is 90.7. The van der Waals surface area contributed by atoms with Crippen molar-refractivity contribution >= 4 is 63.9 Å². The first-order chi connectivity index (χ1) is 27.2. The van der Waals surface area contributed by atoms with E-state index in [1.54, 1.807) is 17.7 Å². The summed E-state index contributed by atoms with van der Waals surface area (Å²) in [5, 5.41) is 13.2. The highest BCUT2D eigenvalue weighted by atomic mass is 32.2. The topological polar surface area (TPSA) is 256 Å². The van der Waals surface area contributed by atoms with Crippen molar-refractivity contribution in [3.8, 4) is 18.1 Å². The average molecular weight is 867 g/mol. The van der Waals surface area contributed by atoms with Crippen molar-refractivity contribution in [3.63, 3.8) is 0 Å². The number of aromatic nitrogens is 6. The van der Waals surface area contributed by atoms with Gasteiger partial charge in [0, 0.05) is 42.5 Å². The first-order valence-corrected chi connectivity index (χ1v) is 20.7. The number of carboxylic acid groups (broad SMARTS) is 1. The number of carbonyl (C=O) groups is 2. The fraction of sp³-hybridized carbons (Fsp3) is 0.303. The lowest BCUT2D eigenvalue weighted by molar-refractivity contribution is -0.135. The second-order valence-electron chi connectivity index (χ2n) is 13.2. The number of hydrogen-bond acceptors (Lipinski definition) is 13. The third-order valence-electron chi connectivity index (χ3n) is 7.80. The van der Waals surface area contributed by atoms with Gasteiger partial charge in [-0.05, 0) is 36.6 Å². The van der Waals surface area contributed by atoms with Crippen molar-refractivity contribution in [2.75, 3.05) is 35.6 Å². The number of amides is 1. The van der Waals surface area contributed by atoms with Gasteiger partial charge >= 0.3 is 13.6 Å². The smallest absolute Gasteiger partial charge is 0.339 e. The van der Waals surface area contributed by atoms with Gasteiger partial charge in [-0.1, -0.05) is 25.8 Å². The zero-order valence-corrected chi connectivity index (χ0v) is 33.2. The molecule has 7 rings (SSSR count). The molecule has 0 saturated heterocycles. The van der Waals surface area contributed by atoms with Gasteiger partial charge in [0.2, 0.25) is 4.80 Å². The zero-order valence-electron chi connectivity index (χ0n) is 30.6. The van der Waals surface area contributed by atoms with E-state index < -0.39 is 64.7 Å². The van der Waals surface area contributed by atoms with E-state index in [1.165, 1.54) is 34.8 Å². The summed E-state index contributed by atoms with van der Waals surface area (Å²) in [5.74, 6) is -0.240. The minimum absolute atomic E-state index is 0.0642. The van der Waals surface area contributed by atoms with Crippen molar-refractivity contribution < 1.29 is 55.4 Å². The Kier molecular flexibility index (Phi) is 13.0. The second-order valence-corrected chi connectivity index (χ2v) is 17.2. The molecule has 2 aliphatic heterocycles. The van der Waals surface area contributed by atoms with E-state index in [1.807, 2.05) is 4.57 Å². The summed E-state index contributed by atoms with van der Waals surface area (Å²) in [6.07, 6.45) is 7.10. The van der Waals surface area contributed by atoms with E-state index in [2.05, 4.69) is 49.5 Å². The number of anilines is 2. The van der Waals surface area contributed by atoms with Gasteiger partial charge in [0.25, 0.3) is 26.9 Å². The van der Waals surface area contributed by atoms with Crippen LogP contribution in [-0.4, -0.2) is 89.7 Å². The van der Waals surface area contributed by atoms with E-state index >= 15 is 0 Å². The van der Waals surface area contributed by atoms with Crippen LogP contribution in [0.15, 0.2) is 52.7 Å². The molecule has 0 saturated carbocycles. The van der Waals surface area contributed by atoms with E-state index in [9.17, 15) is 35.7 Å². The Bertz CT molecular complexity index is 2640. The molecule has 2 aliphatic rings. The van der Waals surface area contributed by atoms with Crippen molar-refractivity contribution in [2.24, 2.45) is 10.4 Å². The maximum atomic E-state index is 14.5. The number of fused-ring (bicyclic) bond motifs is 3. The minimum atomic E-state index is -4.35. The lowest BCUT2D eigenvalue weighted by atomic mass is 9.92. The molecule has 0 unspecified atom stereocenters. The third kappa shape index (κ3) is 10.8. The SMILES string of the molecule is C#CCN1C(=O)COc2cc(F)c(N=c3snc4n3CC(C)(C)C4)cc21.Cc1ccn2nc(S(=O)(=O)Nc3c(F)cccc3F)nc2n1.O=C(O)CNCP(=O)(O)O. The predicted molar refractivity (Wildman–Crippen MR) is 201 cm³/mol. The molecule has 0 spiro atoms. The summed E-state index contributed by atoms with van der Waals surface area (Å²) >= 11 is 1.24. The van der Waals surface area contributed by atoms with Crippen LogP contribution >= 0.6 is 19.1 Å². The molecule has 308 valence electrons. The number of ether oxygens (including phenoxy) is 1. The maximum absolute atomic E-state index is 14.5. The van der Waals surface area contributed by atoms with E-state index in [0.717, 1.165) is 41.5 Å². The Morgan fingerprint density at radius 1 is 1.16 bits per heavy atom. The van der Waals surface area contributed by atoms with Crippen molar-refractivity contribution in [2.45, 2.75) is 38.9 Å². The fourth-order valence-corrected chi connectivity index (χ4v) is 7.40. The van der Waals surface area contributed by atoms with Gasteiger partial charge in [0.05, 0.1) is 25.1 Å². The number of carboxylic acids is 1. The van der Waals surface area contributed by atoms with E-state index in [-0.39, 0.29) is 35.9 Å². The molecule has 5 aromatic rings. The number of sulfonamides is 1. The highest BCUT2D eigenvalue weighted by Crippen LogP contribution is 2.38. The number of rotatable bonds is 9. The molecule has 0 radical (unpaired) electrons. The van der Waals surface area contributed by atoms with Crippen LogP contribution in [0.5, 0.6) is 5.75 Å². The predicted octanol–water partition coefficient (Wildman–Crippen LogP) is 2.56. The molecule has 25 heteroatoms. The van der Waals surface area contributed by atoms with Crippen LogP contribution in [-0.2, 0) is 37.1 Å². The standard InChI is InChI=1S/C18H17FN4O2S.C12H9F2N5O2S.C3H8NO5P/c1-4-5-22-13-7-12(11(19)6-14(13)25-9-16(22)24)20-17-23-10-18(2,3)8-15(23)21-26-17;1-7-5-6-19-11(15-7)16-12(17-19)22(20,21)18-10-8(13)3-2-4-9(10)14;5-3(6)1-4-2-10(7,8)9/h1,6-7H,5,8-10H2,2-3H3;2-6,18H,1H3;4H,1-2H2,(H,5,6)(H2,7,8,9). The molecule has 2 aromatic carbocycles.